The van der Waals surface area contributed by atoms with E-state index in [0.29, 0.717) is 5.56 Å². The fraction of sp³-hybridized carbons (Fsp3) is 0.400. The molecule has 1 atom stereocenters. The third-order valence-corrected chi connectivity index (χ3v) is 2.40. The van der Waals surface area contributed by atoms with Crippen molar-refractivity contribution in [3.63, 3.8) is 0 Å². The van der Waals surface area contributed by atoms with E-state index < -0.39 is 17.8 Å². The van der Waals surface area contributed by atoms with Gasteiger partial charge in [-0.25, -0.2) is 0 Å². The van der Waals surface area contributed by atoms with E-state index in [4.69, 9.17) is 17.3 Å². The molecule has 6 heteroatoms. The third kappa shape index (κ3) is 3.37. The molecule has 90 valence electrons. The highest BCUT2D eigenvalue weighted by molar-refractivity contribution is 6.31. The molecule has 0 saturated heterocycles. The number of halogens is 4. The van der Waals surface area contributed by atoms with Crippen LogP contribution in [0.5, 0.6) is 0 Å². The van der Waals surface area contributed by atoms with Crippen LogP contribution < -0.4 is 5.73 Å². The van der Waals surface area contributed by atoms with Crippen LogP contribution in [0.15, 0.2) is 18.2 Å². The van der Waals surface area contributed by atoms with Crippen molar-refractivity contribution in [2.45, 2.75) is 18.7 Å². The number of nitrogens with two attached hydrogens (primary N) is 1. The Hall–Kier alpha value is -0.780. The van der Waals surface area contributed by atoms with Gasteiger partial charge in [-0.2, -0.15) is 13.2 Å². The van der Waals surface area contributed by atoms with Gasteiger partial charge in [0.05, 0.1) is 16.7 Å². The first-order valence-corrected chi connectivity index (χ1v) is 4.96. The fourth-order valence-electron chi connectivity index (χ4n) is 1.27. The van der Waals surface area contributed by atoms with Gasteiger partial charge >= 0.3 is 6.18 Å². The number of alkyl halides is 3. The van der Waals surface area contributed by atoms with E-state index in [1.54, 1.807) is 0 Å². The summed E-state index contributed by atoms with van der Waals surface area (Å²) in [7, 11) is 0. The Labute approximate surface area is 95.8 Å². The third-order valence-electron chi connectivity index (χ3n) is 2.08. The Bertz CT molecular complexity index is 368. The topological polar surface area (TPSA) is 46.2 Å². The zero-order valence-corrected chi connectivity index (χ0v) is 9.02. The van der Waals surface area contributed by atoms with E-state index >= 15 is 0 Å². The molecule has 0 amide bonds. The van der Waals surface area contributed by atoms with Gasteiger partial charge in [-0.05, 0) is 24.1 Å². The summed E-state index contributed by atoms with van der Waals surface area (Å²) in [4.78, 5) is 0. The molecule has 16 heavy (non-hydrogen) atoms. The highest BCUT2D eigenvalue weighted by Crippen LogP contribution is 2.35. The van der Waals surface area contributed by atoms with Gasteiger partial charge in [0, 0.05) is 6.54 Å². The molecule has 0 saturated carbocycles. The largest absolute Gasteiger partial charge is 0.417 e. The average Bonchev–Trinajstić information content (AvgIpc) is 2.15. The molecule has 1 rings (SSSR count). The maximum atomic E-state index is 12.4. The smallest absolute Gasteiger partial charge is 0.391 e. The SMILES string of the molecule is NCC(O)Cc1ccc(C(F)(F)F)c(Cl)c1. The molecule has 1 unspecified atom stereocenters. The van der Waals surface area contributed by atoms with Gasteiger partial charge in [0.25, 0.3) is 0 Å². The summed E-state index contributed by atoms with van der Waals surface area (Å²) < 4.78 is 37.1. The monoisotopic (exact) mass is 253 g/mol. The van der Waals surface area contributed by atoms with Crippen LogP contribution in [0, 0.1) is 0 Å². The molecule has 0 bridgehead atoms. The van der Waals surface area contributed by atoms with Crippen LogP contribution in [-0.2, 0) is 12.6 Å². The van der Waals surface area contributed by atoms with Crippen molar-refractivity contribution in [2.75, 3.05) is 6.54 Å². The van der Waals surface area contributed by atoms with Crippen molar-refractivity contribution < 1.29 is 18.3 Å². The van der Waals surface area contributed by atoms with Crippen molar-refractivity contribution >= 4 is 11.6 Å². The number of rotatable bonds is 3. The number of aliphatic hydroxyl groups excluding tert-OH is 1. The van der Waals surface area contributed by atoms with E-state index in [-0.39, 0.29) is 18.0 Å². The van der Waals surface area contributed by atoms with E-state index in [1.807, 2.05) is 0 Å². The lowest BCUT2D eigenvalue weighted by Crippen LogP contribution is -2.22. The summed E-state index contributed by atoms with van der Waals surface area (Å²) >= 11 is 5.51. The van der Waals surface area contributed by atoms with Crippen LogP contribution in [0.3, 0.4) is 0 Å². The maximum absolute atomic E-state index is 12.4. The molecular weight excluding hydrogens is 243 g/mol. The normalized spacial score (nSPS) is 13.9. The lowest BCUT2D eigenvalue weighted by Gasteiger charge is -2.12. The molecule has 0 spiro atoms. The zero-order valence-electron chi connectivity index (χ0n) is 8.26. The Morgan fingerprint density at radius 2 is 2.00 bits per heavy atom. The molecule has 0 aliphatic carbocycles. The van der Waals surface area contributed by atoms with Crippen molar-refractivity contribution in [1.82, 2.24) is 0 Å². The number of aliphatic hydroxyl groups is 1. The molecule has 0 aromatic heterocycles. The summed E-state index contributed by atoms with van der Waals surface area (Å²) in [6.45, 7) is 0.0542. The van der Waals surface area contributed by atoms with E-state index in [1.165, 1.54) is 12.1 Å². The molecule has 0 radical (unpaired) electrons. The second-order valence-corrected chi connectivity index (χ2v) is 3.81. The van der Waals surface area contributed by atoms with Crippen molar-refractivity contribution in [1.29, 1.82) is 0 Å². The summed E-state index contributed by atoms with van der Waals surface area (Å²) in [5, 5.41) is 8.87. The second kappa shape index (κ2) is 5.03. The minimum atomic E-state index is -4.46. The van der Waals surface area contributed by atoms with Crippen molar-refractivity contribution in [2.24, 2.45) is 5.73 Å². The molecular formula is C10H11ClF3NO. The van der Waals surface area contributed by atoms with Gasteiger partial charge in [-0.15, -0.1) is 0 Å². The van der Waals surface area contributed by atoms with Gasteiger partial charge < -0.3 is 10.8 Å². The second-order valence-electron chi connectivity index (χ2n) is 3.41. The Morgan fingerprint density at radius 3 is 2.44 bits per heavy atom. The zero-order chi connectivity index (χ0) is 12.3. The molecule has 0 heterocycles. The Kier molecular flexibility index (Phi) is 4.18. The quantitative estimate of drug-likeness (QED) is 0.868. The number of hydrogen-bond acceptors (Lipinski definition) is 2. The van der Waals surface area contributed by atoms with E-state index in [0.717, 1.165) is 6.07 Å². The van der Waals surface area contributed by atoms with Gasteiger partial charge in [0.1, 0.15) is 0 Å². The highest BCUT2D eigenvalue weighted by atomic mass is 35.5. The standard InChI is InChI=1S/C10H11ClF3NO/c11-9-4-6(3-7(16)5-15)1-2-8(9)10(12,13)14/h1-2,4,7,16H,3,5,15H2. The van der Waals surface area contributed by atoms with Crippen LogP contribution in [-0.4, -0.2) is 17.8 Å². The molecule has 1 aromatic rings. The predicted molar refractivity (Wildman–Crippen MR) is 55.2 cm³/mol. The molecule has 0 aliphatic heterocycles. The lowest BCUT2D eigenvalue weighted by atomic mass is 10.1. The van der Waals surface area contributed by atoms with Crippen LogP contribution >= 0.6 is 11.6 Å². The molecule has 0 fully saturated rings. The maximum Gasteiger partial charge on any atom is 0.417 e. The summed E-state index contributed by atoms with van der Waals surface area (Å²) in [6, 6.07) is 3.39. The highest BCUT2D eigenvalue weighted by Gasteiger charge is 2.32. The van der Waals surface area contributed by atoms with E-state index in [9.17, 15) is 18.3 Å². The molecule has 2 nitrogen and oxygen atoms in total. The van der Waals surface area contributed by atoms with Crippen molar-refractivity contribution in [3.05, 3.63) is 34.3 Å². The van der Waals surface area contributed by atoms with Gasteiger partial charge in [-0.3, -0.25) is 0 Å². The molecule has 3 N–H and O–H groups in total. The minimum absolute atomic E-state index is 0.0542. The minimum Gasteiger partial charge on any atom is -0.391 e. The van der Waals surface area contributed by atoms with Crippen LogP contribution in [0.1, 0.15) is 11.1 Å². The van der Waals surface area contributed by atoms with Crippen molar-refractivity contribution in [3.8, 4) is 0 Å². The predicted octanol–water partition coefficient (Wildman–Crippen LogP) is 2.22. The Morgan fingerprint density at radius 1 is 1.38 bits per heavy atom. The van der Waals surface area contributed by atoms with Crippen LogP contribution in [0.4, 0.5) is 13.2 Å². The first-order chi connectivity index (χ1) is 7.34. The van der Waals surface area contributed by atoms with Gasteiger partial charge in [-0.1, -0.05) is 17.7 Å². The first-order valence-electron chi connectivity index (χ1n) is 4.58. The van der Waals surface area contributed by atoms with Gasteiger partial charge in [0.15, 0.2) is 0 Å². The lowest BCUT2D eigenvalue weighted by molar-refractivity contribution is -0.137. The van der Waals surface area contributed by atoms with Gasteiger partial charge in [0.2, 0.25) is 0 Å². The first kappa shape index (κ1) is 13.3. The van der Waals surface area contributed by atoms with E-state index in [2.05, 4.69) is 0 Å². The average molecular weight is 254 g/mol. The fourth-order valence-corrected chi connectivity index (χ4v) is 1.58. The Balaban J connectivity index is 2.91. The molecule has 1 aromatic carbocycles. The summed E-state index contributed by atoms with van der Waals surface area (Å²) in [5.41, 5.74) is 4.84. The van der Waals surface area contributed by atoms with Crippen LogP contribution in [0.25, 0.3) is 0 Å². The number of benzene rings is 1. The van der Waals surface area contributed by atoms with Crippen LogP contribution in [0.2, 0.25) is 5.02 Å². The number of hydrogen-bond donors (Lipinski definition) is 2. The molecule has 0 aliphatic rings. The summed E-state index contributed by atoms with van der Waals surface area (Å²) in [6.07, 6.45) is -5.04. The summed E-state index contributed by atoms with van der Waals surface area (Å²) in [5.74, 6) is 0.